The number of esters is 1. The molecule has 8 bridgehead atoms. The molecule has 0 atom stereocenters. The molecule has 0 unspecified atom stereocenters. The quantitative estimate of drug-likeness (QED) is 0.193. The fourth-order valence-electron chi connectivity index (χ4n) is 6.32. The monoisotopic (exact) mass is 568 g/mol. The number of ether oxygens (including phenoxy) is 1. The molecule has 220 valence electrons. The van der Waals surface area contributed by atoms with Gasteiger partial charge in [-0.25, -0.2) is 4.79 Å². The van der Waals surface area contributed by atoms with E-state index in [4.69, 9.17) is 4.74 Å². The Kier molecular flexibility index (Phi) is 7.91. The summed E-state index contributed by atoms with van der Waals surface area (Å²) in [5.74, 6) is -1.23. The van der Waals surface area contributed by atoms with Crippen molar-refractivity contribution < 1.29 is 19.4 Å². The van der Waals surface area contributed by atoms with Gasteiger partial charge >= 0.3 is 11.9 Å². The zero-order valence-corrected chi connectivity index (χ0v) is 25.5. The number of H-pyrrole nitrogens is 4. The van der Waals surface area contributed by atoms with Gasteiger partial charge in [-0.3, -0.25) is 4.79 Å². The Morgan fingerprint density at radius 1 is 0.667 bits per heavy atom. The van der Waals surface area contributed by atoms with Crippen LogP contribution in [-0.2, 0) is 28.8 Å². The molecule has 0 aromatic carbocycles. The molecule has 0 fully saturated rings. The van der Waals surface area contributed by atoms with E-state index < -0.39 is 11.9 Å². The zero-order valence-electron chi connectivity index (χ0n) is 25.5. The lowest BCUT2D eigenvalue weighted by molar-refractivity contribution is -0.137. The number of carbonyl (C=O) groups is 2. The zero-order chi connectivity index (χ0) is 30.3. The normalized spacial score (nSPS) is 12.3. The van der Waals surface area contributed by atoms with Crippen molar-refractivity contribution in [2.24, 2.45) is 0 Å². The summed E-state index contributed by atoms with van der Waals surface area (Å²) in [6, 6.07) is 0. The van der Waals surface area contributed by atoms with E-state index in [1.165, 1.54) is 29.4 Å². The molecule has 4 aromatic rings. The van der Waals surface area contributed by atoms with Gasteiger partial charge in [0.1, 0.15) is 0 Å². The first kappa shape index (κ1) is 29.0. The number of fused-ring (bicyclic) bond motifs is 8. The molecule has 0 aliphatic carbocycles. The molecule has 0 spiro atoms. The molecule has 5 N–H and O–H groups in total. The van der Waals surface area contributed by atoms with Crippen molar-refractivity contribution in [2.75, 3.05) is 7.11 Å². The van der Waals surface area contributed by atoms with Crippen LogP contribution in [-0.4, -0.2) is 44.1 Å². The summed E-state index contributed by atoms with van der Waals surface area (Å²) >= 11 is 0. The third-order valence-corrected chi connectivity index (χ3v) is 8.74. The van der Waals surface area contributed by atoms with Gasteiger partial charge < -0.3 is 29.8 Å². The molecule has 8 nitrogen and oxygen atoms in total. The van der Waals surface area contributed by atoms with Crippen LogP contribution in [0.25, 0.3) is 24.3 Å². The summed E-state index contributed by atoms with van der Waals surface area (Å²) in [7, 11) is 1.39. The van der Waals surface area contributed by atoms with E-state index in [2.05, 4.69) is 72.8 Å². The van der Waals surface area contributed by atoms with Gasteiger partial charge in [0.25, 0.3) is 0 Å². The van der Waals surface area contributed by atoms with Gasteiger partial charge in [0.15, 0.2) is 0 Å². The van der Waals surface area contributed by atoms with Gasteiger partial charge in [0.05, 0.1) is 18.4 Å². The van der Waals surface area contributed by atoms with Crippen molar-refractivity contribution in [2.45, 2.75) is 73.6 Å². The second kappa shape index (κ2) is 11.4. The lowest BCUT2D eigenvalue weighted by Crippen LogP contribution is -2.14. The minimum Gasteiger partial charge on any atom is -0.481 e. The number of carboxylic acids is 1. The maximum absolute atomic E-state index is 13.0. The van der Waals surface area contributed by atoms with Gasteiger partial charge in [-0.05, 0) is 117 Å². The molecule has 8 heteroatoms. The molecular weight excluding hydrogens is 528 g/mol. The van der Waals surface area contributed by atoms with Crippen LogP contribution >= 0.6 is 0 Å². The molecule has 1 aliphatic heterocycles. The van der Waals surface area contributed by atoms with E-state index in [0.29, 0.717) is 24.1 Å². The number of carbonyl (C=O) groups excluding carboxylic acids is 1. The van der Waals surface area contributed by atoms with Crippen molar-refractivity contribution in [1.82, 2.24) is 19.9 Å². The third-order valence-electron chi connectivity index (χ3n) is 8.74. The van der Waals surface area contributed by atoms with Crippen molar-refractivity contribution in [3.63, 3.8) is 0 Å². The summed E-state index contributed by atoms with van der Waals surface area (Å²) in [4.78, 5) is 38.8. The minimum atomic E-state index is -0.814. The SMILES string of the molecule is CCc1c2[nH]c(c1C)C=c1[nH]c(c(CCCC(=O)O)c1C)=Cc1[nH]c(c(C)c1C(=O)OC)C=c1[nH]c(c(C)c1CC)=C2. The predicted molar refractivity (Wildman–Crippen MR) is 166 cm³/mol. The van der Waals surface area contributed by atoms with Crippen LogP contribution in [0.1, 0.15) is 98.8 Å². The largest absolute Gasteiger partial charge is 0.481 e. The molecule has 5 heterocycles. The van der Waals surface area contributed by atoms with Crippen LogP contribution in [0.4, 0.5) is 0 Å². The number of aromatic amines is 4. The highest BCUT2D eigenvalue weighted by molar-refractivity contribution is 5.96. The summed E-state index contributed by atoms with van der Waals surface area (Å²) in [5.41, 5.74) is 11.8. The van der Waals surface area contributed by atoms with E-state index in [0.717, 1.165) is 68.0 Å². The number of hydrogen-bond donors (Lipinski definition) is 5. The van der Waals surface area contributed by atoms with Gasteiger partial charge in [-0.1, -0.05) is 13.8 Å². The molecular formula is C34H40N4O4. The number of rotatable bonds is 7. The lowest BCUT2D eigenvalue weighted by atomic mass is 10.0. The van der Waals surface area contributed by atoms with Crippen molar-refractivity contribution in [3.05, 3.63) is 88.7 Å². The van der Waals surface area contributed by atoms with Gasteiger partial charge in [0, 0.05) is 44.9 Å². The number of nitrogens with one attached hydrogen (secondary N) is 4. The van der Waals surface area contributed by atoms with E-state index >= 15 is 0 Å². The highest BCUT2D eigenvalue weighted by Crippen LogP contribution is 2.23. The number of carboxylic acid groups (broad SMARTS) is 1. The average molecular weight is 569 g/mol. The lowest BCUT2D eigenvalue weighted by Gasteiger charge is -2.01. The second-order valence-corrected chi connectivity index (χ2v) is 11.1. The fraction of sp³-hybridized carbons (Fsp3) is 0.353. The number of hydrogen-bond acceptors (Lipinski definition) is 3. The first-order chi connectivity index (χ1) is 20.1. The number of methoxy groups -OCH3 is 1. The van der Waals surface area contributed by atoms with Gasteiger partial charge in [-0.15, -0.1) is 0 Å². The molecule has 4 aromatic heterocycles. The van der Waals surface area contributed by atoms with Crippen molar-refractivity contribution >= 4 is 36.2 Å². The molecule has 0 radical (unpaired) electrons. The van der Waals surface area contributed by atoms with E-state index in [9.17, 15) is 14.7 Å². The Morgan fingerprint density at radius 2 is 1.19 bits per heavy atom. The average Bonchev–Trinajstić information content (AvgIpc) is 3.61. The van der Waals surface area contributed by atoms with Crippen LogP contribution in [0.5, 0.6) is 0 Å². The third kappa shape index (κ3) is 5.06. The number of aromatic nitrogens is 4. The summed E-state index contributed by atoms with van der Waals surface area (Å²) in [6.45, 7) is 12.6. The van der Waals surface area contributed by atoms with E-state index in [1.807, 2.05) is 13.0 Å². The van der Waals surface area contributed by atoms with Gasteiger partial charge in [-0.2, -0.15) is 0 Å². The van der Waals surface area contributed by atoms with Crippen molar-refractivity contribution in [1.29, 1.82) is 0 Å². The predicted octanol–water partition coefficient (Wildman–Crippen LogP) is 3.18. The highest BCUT2D eigenvalue weighted by atomic mass is 16.5. The Balaban J connectivity index is 1.91. The van der Waals surface area contributed by atoms with Gasteiger partial charge in [0.2, 0.25) is 0 Å². The first-order valence-electron chi connectivity index (χ1n) is 14.6. The minimum absolute atomic E-state index is 0.0865. The van der Waals surface area contributed by atoms with Crippen LogP contribution in [0.2, 0.25) is 0 Å². The molecule has 1 aliphatic rings. The van der Waals surface area contributed by atoms with Crippen LogP contribution in [0, 0.1) is 27.7 Å². The smallest absolute Gasteiger partial charge is 0.340 e. The fourth-order valence-corrected chi connectivity index (χ4v) is 6.32. The maximum Gasteiger partial charge on any atom is 0.340 e. The van der Waals surface area contributed by atoms with E-state index in [1.54, 1.807) is 0 Å². The summed E-state index contributed by atoms with van der Waals surface area (Å²) in [6.07, 6.45) is 11.3. The Labute approximate surface area is 244 Å². The van der Waals surface area contributed by atoms with Crippen LogP contribution in [0.15, 0.2) is 0 Å². The summed E-state index contributed by atoms with van der Waals surface area (Å²) < 4.78 is 5.20. The first-order valence-corrected chi connectivity index (χ1v) is 14.6. The maximum atomic E-state index is 13.0. The molecule has 42 heavy (non-hydrogen) atoms. The Morgan fingerprint density at radius 3 is 1.81 bits per heavy atom. The van der Waals surface area contributed by atoms with Crippen LogP contribution in [0.3, 0.4) is 0 Å². The second-order valence-electron chi connectivity index (χ2n) is 11.1. The topological polar surface area (TPSA) is 127 Å². The standard InChI is InChI=1S/C34H40N4O4/c1-8-21-17(3)24-13-25-19(5)23(11-10-12-32(39)40)30(37-25)16-31-33(34(41)42-7)20(6)27(38-31)15-29-22(9-2)18(4)26(36-29)14-28(21)35-24/h13-16,35-38H,8-12H2,1-7H3,(H,39,40). The molecule has 0 amide bonds. The molecule has 0 saturated carbocycles. The molecule has 5 rings (SSSR count). The Hall–Kier alpha value is -4.46. The molecule has 0 saturated heterocycles. The highest BCUT2D eigenvalue weighted by Gasteiger charge is 2.21. The number of aliphatic carboxylic acids is 1. The van der Waals surface area contributed by atoms with E-state index in [-0.39, 0.29) is 6.42 Å². The van der Waals surface area contributed by atoms with Crippen LogP contribution < -0.4 is 21.4 Å². The summed E-state index contributed by atoms with van der Waals surface area (Å²) in [5, 5.41) is 13.1. The van der Waals surface area contributed by atoms with Crippen molar-refractivity contribution in [3.8, 4) is 0 Å². The Bertz CT molecular complexity index is 1960.